The summed E-state index contributed by atoms with van der Waals surface area (Å²) >= 11 is 0. The lowest BCUT2D eigenvalue weighted by molar-refractivity contribution is 0.328. The molecular formula is C50H36BNO17. The van der Waals surface area contributed by atoms with E-state index in [4.69, 9.17) is 0 Å². The second-order valence-corrected chi connectivity index (χ2v) is 16.6. The van der Waals surface area contributed by atoms with E-state index in [9.17, 15) is 86.8 Å². The Bertz CT molecular complexity index is 3450. The summed E-state index contributed by atoms with van der Waals surface area (Å²) in [6, 6.07) is 27.6. The van der Waals surface area contributed by atoms with Crippen LogP contribution in [0.4, 0.5) is 11.4 Å². The largest absolute Gasteiger partial charge is 0.508 e. The molecule has 18 nitrogen and oxygen atoms in total. The van der Waals surface area contributed by atoms with Crippen LogP contribution in [0.2, 0.25) is 0 Å². The van der Waals surface area contributed by atoms with Crippen molar-refractivity contribution in [2.24, 2.45) is 0 Å². The van der Waals surface area contributed by atoms with E-state index < -0.39 is 149 Å². The van der Waals surface area contributed by atoms with Crippen molar-refractivity contribution in [1.82, 2.24) is 0 Å². The smallest absolute Gasteiger partial charge is 0.208 e. The fourth-order valence-corrected chi connectivity index (χ4v) is 10.1. The SMILES string of the molecule is Bc1c(O)c(O)c(O)c(-c2c(O)c(O)c(N(Cc3c(O)c(O)c(-c4c(O)c(O)c(O)c(O)c4O)c(O)c3O)c3cccc4c3-c3ccccc3C43c4ccccc4-c4ccccc43)c(O)c2O)c1O. The van der Waals surface area contributed by atoms with Crippen molar-refractivity contribution in [2.45, 2.75) is 12.0 Å². The molecule has 2 aliphatic carbocycles. The van der Waals surface area contributed by atoms with Crippen LogP contribution in [0.5, 0.6) is 97.7 Å². The minimum atomic E-state index is -1.44. The maximum Gasteiger partial charge on any atom is 0.208 e. The van der Waals surface area contributed by atoms with Crippen LogP contribution < -0.4 is 10.4 Å². The van der Waals surface area contributed by atoms with Gasteiger partial charge in [-0.05, 0) is 50.5 Å². The van der Waals surface area contributed by atoms with Gasteiger partial charge in [0.1, 0.15) is 19.3 Å². The summed E-state index contributed by atoms with van der Waals surface area (Å²) in [5.41, 5.74) is -1.70. The van der Waals surface area contributed by atoms with E-state index in [1.165, 1.54) is 6.07 Å². The molecule has 0 amide bonds. The van der Waals surface area contributed by atoms with Gasteiger partial charge in [-0.2, -0.15) is 0 Å². The molecule has 0 aromatic heterocycles. The zero-order valence-electron chi connectivity index (χ0n) is 35.4. The Kier molecular flexibility index (Phi) is 9.14. The first-order valence-corrected chi connectivity index (χ1v) is 20.6. The summed E-state index contributed by atoms with van der Waals surface area (Å²) in [5.74, 6) is -22.4. The standard InChI is InChI=1S/C50H36BNO17/c51-31-35(55)27(40(60)46(66)43(31)63)28-38(58)44(64)32(45(65)39(28)59)52(16-20-33(53)36(56)29(37(57)34(20)54)30-41(61)47(67)49(69)48(68)42(30)62)25-15-7-14-24-26(25)19-10-3-6-13-23(19)50(24)21-11-4-1-8-17(21)18-9-2-5-12-22(18)50/h1-15,53-69H,16,51H2. The van der Waals surface area contributed by atoms with Gasteiger partial charge in [-0.3, -0.25) is 0 Å². The van der Waals surface area contributed by atoms with Crippen LogP contribution in [-0.2, 0) is 12.0 Å². The molecule has 0 atom stereocenters. The van der Waals surface area contributed by atoms with E-state index in [1.807, 2.05) is 66.7 Å². The van der Waals surface area contributed by atoms with Crippen LogP contribution >= 0.6 is 0 Å². The van der Waals surface area contributed by atoms with E-state index >= 15 is 0 Å². The van der Waals surface area contributed by atoms with E-state index in [1.54, 1.807) is 18.2 Å². The van der Waals surface area contributed by atoms with Gasteiger partial charge in [0.2, 0.25) is 23.0 Å². The fourth-order valence-electron chi connectivity index (χ4n) is 10.1. The number of aromatic hydroxyl groups is 17. The van der Waals surface area contributed by atoms with Gasteiger partial charge in [0.15, 0.2) is 69.0 Å². The van der Waals surface area contributed by atoms with E-state index in [-0.39, 0.29) is 5.69 Å². The van der Waals surface area contributed by atoms with Crippen LogP contribution in [0.1, 0.15) is 27.8 Å². The van der Waals surface area contributed by atoms with Crippen molar-refractivity contribution >= 4 is 24.7 Å². The van der Waals surface area contributed by atoms with Gasteiger partial charge in [0, 0.05) is 11.3 Å². The normalized spacial score (nSPS) is 12.7. The lowest BCUT2D eigenvalue weighted by atomic mass is 9.70. The zero-order chi connectivity index (χ0) is 49.4. The van der Waals surface area contributed by atoms with Crippen LogP contribution in [0, 0.1) is 0 Å². The molecule has 0 saturated heterocycles. The van der Waals surface area contributed by atoms with Gasteiger partial charge >= 0.3 is 0 Å². The van der Waals surface area contributed by atoms with Gasteiger partial charge in [-0.1, -0.05) is 84.9 Å². The summed E-state index contributed by atoms with van der Waals surface area (Å²) in [6.45, 7) is -1.06. The molecule has 0 saturated carbocycles. The molecule has 10 rings (SSSR count). The molecular weight excluding hydrogens is 897 g/mol. The highest BCUT2D eigenvalue weighted by molar-refractivity contribution is 6.37. The van der Waals surface area contributed by atoms with Crippen molar-refractivity contribution in [1.29, 1.82) is 0 Å². The molecule has 17 N–H and O–H groups in total. The first-order valence-electron chi connectivity index (χ1n) is 20.6. The number of hydrogen-bond acceptors (Lipinski definition) is 18. The molecule has 8 aromatic carbocycles. The van der Waals surface area contributed by atoms with Crippen molar-refractivity contribution in [3.63, 3.8) is 0 Å². The highest BCUT2D eigenvalue weighted by Gasteiger charge is 2.52. The lowest BCUT2D eigenvalue weighted by Crippen LogP contribution is -2.26. The maximum absolute atomic E-state index is 12.1. The quantitative estimate of drug-likeness (QED) is 0.0519. The highest BCUT2D eigenvalue weighted by atomic mass is 16.4. The van der Waals surface area contributed by atoms with E-state index in [0.717, 1.165) is 40.6 Å². The Labute approximate surface area is 388 Å². The van der Waals surface area contributed by atoms with Crippen molar-refractivity contribution in [2.75, 3.05) is 4.90 Å². The Morgan fingerprint density at radius 3 is 1.14 bits per heavy atom. The molecule has 0 bridgehead atoms. The molecule has 346 valence electrons. The first-order chi connectivity index (χ1) is 32.8. The predicted octanol–water partition coefficient (Wildman–Crippen LogP) is 5.96. The molecule has 1 spiro atoms. The maximum atomic E-state index is 12.1. The summed E-state index contributed by atoms with van der Waals surface area (Å²) < 4.78 is 0. The van der Waals surface area contributed by atoms with Crippen LogP contribution in [0.15, 0.2) is 91.0 Å². The van der Waals surface area contributed by atoms with Crippen LogP contribution in [-0.4, -0.2) is 94.7 Å². The summed E-state index contributed by atoms with van der Waals surface area (Å²) in [6.07, 6.45) is 0. The van der Waals surface area contributed by atoms with Gasteiger partial charge < -0.3 is 91.7 Å². The molecule has 2 aliphatic rings. The number of benzene rings is 8. The van der Waals surface area contributed by atoms with Crippen LogP contribution in [0.3, 0.4) is 0 Å². The Morgan fingerprint density at radius 2 is 0.667 bits per heavy atom. The number of phenolic OH excluding ortho intramolecular Hbond substituents is 17. The topological polar surface area (TPSA) is 347 Å². The third-order valence-electron chi connectivity index (χ3n) is 13.2. The van der Waals surface area contributed by atoms with Gasteiger partial charge in [0.05, 0.1) is 39.8 Å². The molecule has 0 unspecified atom stereocenters. The second kappa shape index (κ2) is 14.6. The second-order valence-electron chi connectivity index (χ2n) is 16.6. The van der Waals surface area contributed by atoms with Gasteiger partial charge in [-0.15, -0.1) is 0 Å². The van der Waals surface area contributed by atoms with E-state index in [0.29, 0.717) is 16.7 Å². The zero-order valence-corrected chi connectivity index (χ0v) is 35.4. The third-order valence-corrected chi connectivity index (χ3v) is 13.2. The van der Waals surface area contributed by atoms with Crippen molar-refractivity contribution < 1.29 is 86.8 Å². The first kappa shape index (κ1) is 43.1. The van der Waals surface area contributed by atoms with Crippen LogP contribution in [0.25, 0.3) is 44.5 Å². The Balaban J connectivity index is 1.29. The molecule has 0 radical (unpaired) electrons. The molecule has 19 heteroatoms. The predicted molar refractivity (Wildman–Crippen MR) is 249 cm³/mol. The molecule has 69 heavy (non-hydrogen) atoms. The van der Waals surface area contributed by atoms with Gasteiger partial charge in [-0.25, -0.2) is 0 Å². The Morgan fingerprint density at radius 1 is 0.319 bits per heavy atom. The molecule has 0 heterocycles. The molecule has 0 aliphatic heterocycles. The monoisotopic (exact) mass is 933 g/mol. The molecule has 0 fully saturated rings. The number of nitrogens with zero attached hydrogens (tertiary/aromatic N) is 1. The van der Waals surface area contributed by atoms with Crippen molar-refractivity contribution in [3.05, 3.63) is 119 Å². The number of fused-ring (bicyclic) bond motifs is 10. The average molecular weight is 934 g/mol. The average Bonchev–Trinajstić information content (AvgIpc) is 3.83. The lowest BCUT2D eigenvalue weighted by Gasteiger charge is -2.32. The molecule has 8 aromatic rings. The summed E-state index contributed by atoms with van der Waals surface area (Å²) in [4.78, 5) is 0.967. The summed E-state index contributed by atoms with van der Waals surface area (Å²) in [5, 5.41) is 189. The minimum Gasteiger partial charge on any atom is -0.508 e. The van der Waals surface area contributed by atoms with E-state index in [2.05, 4.69) is 0 Å². The number of anilines is 2. The minimum absolute atomic E-state index is 0.00909. The Hall–Kier alpha value is -9.78. The number of hydrogen-bond donors (Lipinski definition) is 17. The third kappa shape index (κ3) is 5.36. The highest BCUT2D eigenvalue weighted by Crippen LogP contribution is 2.67. The number of phenols is 17. The van der Waals surface area contributed by atoms with Gasteiger partial charge in [0.25, 0.3) is 0 Å². The summed E-state index contributed by atoms with van der Waals surface area (Å²) in [7, 11) is 1.10. The fraction of sp³-hybridized carbons (Fsp3) is 0.0400. The van der Waals surface area contributed by atoms with Crippen molar-refractivity contribution in [3.8, 4) is 142 Å². The number of rotatable bonds is 6.